The summed E-state index contributed by atoms with van der Waals surface area (Å²) in [6.45, 7) is 3.65. The van der Waals surface area contributed by atoms with Crippen LogP contribution in [0.5, 0.6) is 0 Å². The number of benzene rings is 1. The predicted molar refractivity (Wildman–Crippen MR) is 82.6 cm³/mol. The lowest BCUT2D eigenvalue weighted by atomic mass is 9.99. The number of aromatic nitrogens is 2. The number of amides is 1. The zero-order valence-electron chi connectivity index (χ0n) is 12.7. The predicted octanol–water partition coefficient (Wildman–Crippen LogP) is 2.07. The Morgan fingerprint density at radius 2 is 2.32 bits per heavy atom. The first-order valence-corrected chi connectivity index (χ1v) is 7.66. The molecule has 0 fully saturated rings. The standard InChI is InChI=1S/C16H20N4O2/c1-2-4-15-18-14(19-22-15)10-20-8-3-5-11-9-12(16(17)21)6-7-13(11)20/h6-7,9H,2-5,8,10H2,1H3,(H2,17,21). The van der Waals surface area contributed by atoms with E-state index in [1.165, 1.54) is 0 Å². The second-order valence-electron chi connectivity index (χ2n) is 5.59. The van der Waals surface area contributed by atoms with Gasteiger partial charge in [-0.15, -0.1) is 0 Å². The summed E-state index contributed by atoms with van der Waals surface area (Å²) in [6, 6.07) is 5.63. The van der Waals surface area contributed by atoms with Crippen molar-refractivity contribution in [3.63, 3.8) is 0 Å². The Balaban J connectivity index is 1.80. The summed E-state index contributed by atoms with van der Waals surface area (Å²) in [6.07, 6.45) is 3.80. The van der Waals surface area contributed by atoms with Crippen LogP contribution in [0.4, 0.5) is 5.69 Å². The summed E-state index contributed by atoms with van der Waals surface area (Å²) in [5, 5.41) is 4.05. The van der Waals surface area contributed by atoms with Gasteiger partial charge in [-0.2, -0.15) is 4.98 Å². The van der Waals surface area contributed by atoms with Crippen molar-refractivity contribution in [2.75, 3.05) is 11.4 Å². The zero-order chi connectivity index (χ0) is 15.5. The third kappa shape index (κ3) is 2.95. The van der Waals surface area contributed by atoms with Crippen molar-refractivity contribution in [3.05, 3.63) is 41.0 Å². The second kappa shape index (κ2) is 6.17. The fourth-order valence-corrected chi connectivity index (χ4v) is 2.83. The van der Waals surface area contributed by atoms with Crippen LogP contribution >= 0.6 is 0 Å². The van der Waals surface area contributed by atoms with E-state index in [1.54, 1.807) is 6.07 Å². The number of primary amides is 1. The highest BCUT2D eigenvalue weighted by Crippen LogP contribution is 2.29. The minimum absolute atomic E-state index is 0.387. The Morgan fingerprint density at radius 1 is 1.45 bits per heavy atom. The van der Waals surface area contributed by atoms with Crippen LogP contribution in [-0.2, 0) is 19.4 Å². The van der Waals surface area contributed by atoms with E-state index in [0.29, 0.717) is 23.8 Å². The molecule has 1 aromatic heterocycles. The molecule has 1 aliphatic rings. The van der Waals surface area contributed by atoms with E-state index >= 15 is 0 Å². The molecule has 6 heteroatoms. The van der Waals surface area contributed by atoms with Crippen LogP contribution in [-0.4, -0.2) is 22.6 Å². The van der Waals surface area contributed by atoms with Gasteiger partial charge in [0.1, 0.15) is 0 Å². The van der Waals surface area contributed by atoms with Crippen LogP contribution < -0.4 is 10.6 Å². The van der Waals surface area contributed by atoms with Gasteiger partial charge >= 0.3 is 0 Å². The first-order chi connectivity index (χ1) is 10.7. The van der Waals surface area contributed by atoms with Crippen LogP contribution in [0, 0.1) is 0 Å². The molecule has 3 rings (SSSR count). The SMILES string of the molecule is CCCc1nc(CN2CCCc3cc(C(N)=O)ccc32)no1. The molecule has 2 heterocycles. The Kier molecular flexibility index (Phi) is 4.09. The van der Waals surface area contributed by atoms with Crippen LogP contribution in [0.15, 0.2) is 22.7 Å². The Hall–Kier alpha value is -2.37. The second-order valence-corrected chi connectivity index (χ2v) is 5.59. The van der Waals surface area contributed by atoms with Crippen molar-refractivity contribution in [1.82, 2.24) is 10.1 Å². The van der Waals surface area contributed by atoms with Crippen LogP contribution in [0.2, 0.25) is 0 Å². The summed E-state index contributed by atoms with van der Waals surface area (Å²) >= 11 is 0. The summed E-state index contributed by atoms with van der Waals surface area (Å²) in [7, 11) is 0. The molecule has 2 N–H and O–H groups in total. The molecule has 116 valence electrons. The maximum Gasteiger partial charge on any atom is 0.248 e. The van der Waals surface area contributed by atoms with Gasteiger partial charge < -0.3 is 15.2 Å². The molecule has 2 aromatic rings. The van der Waals surface area contributed by atoms with Gasteiger partial charge in [-0.25, -0.2) is 0 Å². The molecule has 0 spiro atoms. The van der Waals surface area contributed by atoms with Crippen molar-refractivity contribution in [1.29, 1.82) is 0 Å². The Labute approximate surface area is 129 Å². The number of aryl methyl sites for hydroxylation is 2. The largest absolute Gasteiger partial charge is 0.366 e. The van der Waals surface area contributed by atoms with E-state index in [2.05, 4.69) is 22.0 Å². The molecule has 0 saturated carbocycles. The highest BCUT2D eigenvalue weighted by atomic mass is 16.5. The highest BCUT2D eigenvalue weighted by molar-refractivity contribution is 5.93. The molecule has 6 nitrogen and oxygen atoms in total. The number of hydrogen-bond acceptors (Lipinski definition) is 5. The maximum absolute atomic E-state index is 11.3. The third-order valence-electron chi connectivity index (χ3n) is 3.89. The first kappa shape index (κ1) is 14.6. The molecular formula is C16H20N4O2. The average Bonchev–Trinajstić information content (AvgIpc) is 2.94. The molecule has 1 aromatic carbocycles. The van der Waals surface area contributed by atoms with E-state index in [0.717, 1.165) is 43.5 Å². The monoisotopic (exact) mass is 300 g/mol. The van der Waals surface area contributed by atoms with Gasteiger partial charge in [0.15, 0.2) is 5.82 Å². The minimum Gasteiger partial charge on any atom is -0.366 e. The first-order valence-electron chi connectivity index (χ1n) is 7.66. The van der Waals surface area contributed by atoms with Crippen molar-refractivity contribution in [2.24, 2.45) is 5.73 Å². The number of fused-ring (bicyclic) bond motifs is 1. The van der Waals surface area contributed by atoms with Gasteiger partial charge in [0.05, 0.1) is 6.54 Å². The van der Waals surface area contributed by atoms with E-state index < -0.39 is 0 Å². The minimum atomic E-state index is -0.387. The Bertz CT molecular complexity index is 681. The van der Waals surface area contributed by atoms with Gasteiger partial charge in [0.25, 0.3) is 0 Å². The van der Waals surface area contributed by atoms with Crippen LogP contribution in [0.1, 0.15) is 47.4 Å². The fraction of sp³-hybridized carbons (Fsp3) is 0.438. The van der Waals surface area contributed by atoms with Crippen molar-refractivity contribution in [3.8, 4) is 0 Å². The lowest BCUT2D eigenvalue weighted by Crippen LogP contribution is -2.29. The van der Waals surface area contributed by atoms with E-state index in [-0.39, 0.29) is 5.91 Å². The summed E-state index contributed by atoms with van der Waals surface area (Å²) < 4.78 is 5.24. The summed E-state index contributed by atoms with van der Waals surface area (Å²) in [4.78, 5) is 17.9. The smallest absolute Gasteiger partial charge is 0.248 e. The number of nitrogens with zero attached hydrogens (tertiary/aromatic N) is 3. The number of carbonyl (C=O) groups is 1. The van der Waals surface area contributed by atoms with Crippen LogP contribution in [0.3, 0.4) is 0 Å². The average molecular weight is 300 g/mol. The number of hydrogen-bond donors (Lipinski definition) is 1. The van der Waals surface area contributed by atoms with Crippen molar-refractivity contribution < 1.29 is 9.32 Å². The topological polar surface area (TPSA) is 85.3 Å². The fourth-order valence-electron chi connectivity index (χ4n) is 2.83. The molecule has 0 aliphatic carbocycles. The van der Waals surface area contributed by atoms with Crippen molar-refractivity contribution in [2.45, 2.75) is 39.2 Å². The van der Waals surface area contributed by atoms with Gasteiger partial charge in [-0.1, -0.05) is 12.1 Å². The molecule has 0 saturated heterocycles. The lowest BCUT2D eigenvalue weighted by Gasteiger charge is -2.30. The Morgan fingerprint density at radius 3 is 3.09 bits per heavy atom. The van der Waals surface area contributed by atoms with E-state index in [1.807, 2.05) is 12.1 Å². The molecule has 1 aliphatic heterocycles. The van der Waals surface area contributed by atoms with Crippen molar-refractivity contribution >= 4 is 11.6 Å². The maximum atomic E-state index is 11.3. The number of nitrogens with two attached hydrogens (primary N) is 1. The molecule has 0 atom stereocenters. The molecular weight excluding hydrogens is 280 g/mol. The number of carbonyl (C=O) groups excluding carboxylic acids is 1. The van der Waals surface area contributed by atoms with E-state index in [9.17, 15) is 4.79 Å². The third-order valence-corrected chi connectivity index (χ3v) is 3.89. The zero-order valence-corrected chi connectivity index (χ0v) is 12.7. The van der Waals surface area contributed by atoms with Gasteiger partial charge in [0.2, 0.25) is 11.8 Å². The van der Waals surface area contributed by atoms with Gasteiger partial charge in [-0.3, -0.25) is 4.79 Å². The molecule has 22 heavy (non-hydrogen) atoms. The molecule has 0 bridgehead atoms. The lowest BCUT2D eigenvalue weighted by molar-refractivity contribution is 0.1000. The normalized spacial score (nSPS) is 14.0. The van der Waals surface area contributed by atoms with Gasteiger partial charge in [0, 0.05) is 24.2 Å². The summed E-state index contributed by atoms with van der Waals surface area (Å²) in [5.74, 6) is 1.01. The molecule has 1 amide bonds. The summed E-state index contributed by atoms with van der Waals surface area (Å²) in [5.41, 5.74) is 8.19. The molecule has 0 unspecified atom stereocenters. The van der Waals surface area contributed by atoms with Gasteiger partial charge in [-0.05, 0) is 43.0 Å². The number of rotatable bonds is 5. The quantitative estimate of drug-likeness (QED) is 0.913. The molecule has 0 radical (unpaired) electrons. The van der Waals surface area contributed by atoms with Crippen LogP contribution in [0.25, 0.3) is 0 Å². The number of anilines is 1. The van der Waals surface area contributed by atoms with E-state index in [4.69, 9.17) is 10.3 Å². The highest BCUT2D eigenvalue weighted by Gasteiger charge is 2.20.